The van der Waals surface area contributed by atoms with Crippen LogP contribution in [-0.2, 0) is 11.3 Å². The van der Waals surface area contributed by atoms with Gasteiger partial charge in [0.1, 0.15) is 5.60 Å². The van der Waals surface area contributed by atoms with Crippen LogP contribution in [0.1, 0.15) is 53.5 Å². The molecule has 0 aromatic heterocycles. The molecule has 4 heteroatoms. The SMILES string of the molecule is CCN(Cc1cccc(NCCC(C)C)c1)C(=O)OC(C)(C)C. The van der Waals surface area contributed by atoms with Crippen molar-refractivity contribution >= 4 is 11.8 Å². The fourth-order valence-corrected chi connectivity index (χ4v) is 2.14. The molecule has 1 aromatic carbocycles. The fraction of sp³-hybridized carbons (Fsp3) is 0.632. The van der Waals surface area contributed by atoms with Crippen LogP contribution in [0.4, 0.5) is 10.5 Å². The molecule has 0 saturated heterocycles. The van der Waals surface area contributed by atoms with Crippen LogP contribution in [0.15, 0.2) is 24.3 Å². The van der Waals surface area contributed by atoms with Gasteiger partial charge in [0.2, 0.25) is 0 Å². The molecule has 130 valence electrons. The lowest BCUT2D eigenvalue weighted by atomic mass is 10.1. The second kappa shape index (κ2) is 8.80. The van der Waals surface area contributed by atoms with Crippen LogP contribution in [0.25, 0.3) is 0 Å². The number of carbonyl (C=O) groups is 1. The minimum atomic E-state index is -0.468. The highest BCUT2D eigenvalue weighted by Gasteiger charge is 2.21. The van der Waals surface area contributed by atoms with Crippen molar-refractivity contribution in [1.82, 2.24) is 4.90 Å². The van der Waals surface area contributed by atoms with E-state index in [0.29, 0.717) is 19.0 Å². The third-order valence-electron chi connectivity index (χ3n) is 3.38. The Morgan fingerprint density at radius 2 is 2.00 bits per heavy atom. The van der Waals surface area contributed by atoms with Gasteiger partial charge in [0.25, 0.3) is 0 Å². The van der Waals surface area contributed by atoms with E-state index in [1.54, 1.807) is 4.90 Å². The number of amides is 1. The highest BCUT2D eigenvalue weighted by molar-refractivity contribution is 5.68. The van der Waals surface area contributed by atoms with Gasteiger partial charge in [-0.25, -0.2) is 4.79 Å². The summed E-state index contributed by atoms with van der Waals surface area (Å²) in [5.41, 5.74) is 1.74. The summed E-state index contributed by atoms with van der Waals surface area (Å²) in [5.74, 6) is 0.688. The fourth-order valence-electron chi connectivity index (χ4n) is 2.14. The van der Waals surface area contributed by atoms with Gasteiger partial charge in [0, 0.05) is 25.3 Å². The summed E-state index contributed by atoms with van der Waals surface area (Å²) in [6, 6.07) is 8.23. The average molecular weight is 320 g/mol. The summed E-state index contributed by atoms with van der Waals surface area (Å²) in [5, 5.41) is 3.44. The maximum atomic E-state index is 12.2. The maximum Gasteiger partial charge on any atom is 0.410 e. The van der Waals surface area contributed by atoms with Gasteiger partial charge in [-0.05, 0) is 57.7 Å². The molecule has 1 amide bonds. The Labute approximate surface area is 141 Å². The van der Waals surface area contributed by atoms with E-state index in [9.17, 15) is 4.79 Å². The highest BCUT2D eigenvalue weighted by Crippen LogP contribution is 2.16. The number of benzene rings is 1. The molecule has 1 N–H and O–H groups in total. The van der Waals surface area contributed by atoms with E-state index < -0.39 is 5.60 Å². The molecule has 0 radical (unpaired) electrons. The Bertz CT molecular complexity index is 492. The zero-order valence-corrected chi connectivity index (χ0v) is 15.5. The quantitative estimate of drug-likeness (QED) is 0.777. The molecule has 1 aromatic rings. The van der Waals surface area contributed by atoms with Crippen LogP contribution >= 0.6 is 0 Å². The monoisotopic (exact) mass is 320 g/mol. The van der Waals surface area contributed by atoms with Crippen molar-refractivity contribution in [2.45, 2.75) is 60.1 Å². The highest BCUT2D eigenvalue weighted by atomic mass is 16.6. The first-order valence-electron chi connectivity index (χ1n) is 8.52. The van der Waals surface area contributed by atoms with Gasteiger partial charge in [-0.15, -0.1) is 0 Å². The van der Waals surface area contributed by atoms with Gasteiger partial charge in [0.05, 0.1) is 0 Å². The van der Waals surface area contributed by atoms with Crippen LogP contribution in [0, 0.1) is 5.92 Å². The summed E-state index contributed by atoms with van der Waals surface area (Å²) in [6.07, 6.45) is 0.877. The number of rotatable bonds is 7. The normalized spacial score (nSPS) is 11.4. The summed E-state index contributed by atoms with van der Waals surface area (Å²) in [4.78, 5) is 13.9. The lowest BCUT2D eigenvalue weighted by molar-refractivity contribution is 0.0244. The van der Waals surface area contributed by atoms with E-state index in [1.165, 1.54) is 0 Å². The molecule has 0 unspecified atom stereocenters. The minimum absolute atomic E-state index is 0.266. The molecular formula is C19H32N2O2. The van der Waals surface area contributed by atoms with E-state index in [-0.39, 0.29) is 6.09 Å². The molecular weight excluding hydrogens is 288 g/mol. The minimum Gasteiger partial charge on any atom is -0.444 e. The van der Waals surface area contributed by atoms with Gasteiger partial charge < -0.3 is 15.0 Å². The molecule has 0 fully saturated rings. The molecule has 0 heterocycles. The van der Waals surface area contributed by atoms with Crippen molar-refractivity contribution in [3.8, 4) is 0 Å². The summed E-state index contributed by atoms with van der Waals surface area (Å²) in [6.45, 7) is 14.2. The predicted octanol–water partition coefficient (Wildman–Crippen LogP) is 4.90. The van der Waals surface area contributed by atoms with Crippen molar-refractivity contribution in [3.63, 3.8) is 0 Å². The van der Waals surface area contributed by atoms with Gasteiger partial charge in [-0.3, -0.25) is 0 Å². The zero-order valence-electron chi connectivity index (χ0n) is 15.5. The molecule has 0 aliphatic heterocycles. The third kappa shape index (κ3) is 7.91. The Kier molecular flexibility index (Phi) is 7.40. The molecule has 0 atom stereocenters. The molecule has 4 nitrogen and oxygen atoms in total. The van der Waals surface area contributed by atoms with Crippen molar-refractivity contribution in [3.05, 3.63) is 29.8 Å². The van der Waals surface area contributed by atoms with Crippen molar-refractivity contribution < 1.29 is 9.53 Å². The Hall–Kier alpha value is -1.71. The molecule has 0 aliphatic rings. The Morgan fingerprint density at radius 1 is 1.30 bits per heavy atom. The van der Waals surface area contributed by atoms with Crippen LogP contribution in [-0.4, -0.2) is 29.7 Å². The van der Waals surface area contributed by atoms with Gasteiger partial charge in [-0.1, -0.05) is 26.0 Å². The second-order valence-electron chi connectivity index (χ2n) is 7.30. The summed E-state index contributed by atoms with van der Waals surface area (Å²) < 4.78 is 5.46. The first-order chi connectivity index (χ1) is 10.7. The number of hydrogen-bond donors (Lipinski definition) is 1. The molecule has 0 spiro atoms. The first kappa shape index (κ1) is 19.3. The van der Waals surface area contributed by atoms with Gasteiger partial charge in [0.15, 0.2) is 0 Å². The molecule has 1 rings (SSSR count). The van der Waals surface area contributed by atoms with Gasteiger partial charge in [-0.2, -0.15) is 0 Å². The first-order valence-corrected chi connectivity index (χ1v) is 8.52. The lowest BCUT2D eigenvalue weighted by Crippen LogP contribution is -2.36. The van der Waals surface area contributed by atoms with Crippen LogP contribution in [0.3, 0.4) is 0 Å². The Morgan fingerprint density at radius 3 is 2.57 bits per heavy atom. The molecule has 23 heavy (non-hydrogen) atoms. The van der Waals surface area contributed by atoms with E-state index >= 15 is 0 Å². The Balaban J connectivity index is 2.65. The predicted molar refractivity (Wildman–Crippen MR) is 96.7 cm³/mol. The number of nitrogens with zero attached hydrogens (tertiary/aromatic N) is 1. The van der Waals surface area contributed by atoms with E-state index in [4.69, 9.17) is 4.74 Å². The summed E-state index contributed by atoms with van der Waals surface area (Å²) in [7, 11) is 0. The average Bonchev–Trinajstić information content (AvgIpc) is 2.43. The molecule has 0 saturated carbocycles. The number of hydrogen-bond acceptors (Lipinski definition) is 3. The molecule has 0 bridgehead atoms. The standard InChI is InChI=1S/C19H32N2O2/c1-7-21(18(22)23-19(4,5)6)14-16-9-8-10-17(13-16)20-12-11-15(2)3/h8-10,13,15,20H,7,11-12,14H2,1-6H3. The van der Waals surface area contributed by atoms with Crippen molar-refractivity contribution in [2.24, 2.45) is 5.92 Å². The topological polar surface area (TPSA) is 41.6 Å². The van der Waals surface area contributed by atoms with Crippen molar-refractivity contribution in [2.75, 3.05) is 18.4 Å². The number of ether oxygens (including phenoxy) is 1. The lowest BCUT2D eigenvalue weighted by Gasteiger charge is -2.26. The zero-order chi connectivity index (χ0) is 17.5. The second-order valence-corrected chi connectivity index (χ2v) is 7.30. The van der Waals surface area contributed by atoms with Crippen molar-refractivity contribution in [1.29, 1.82) is 0 Å². The number of carbonyl (C=O) groups excluding carboxylic acids is 1. The maximum absolute atomic E-state index is 12.2. The molecule has 0 aliphatic carbocycles. The van der Waals surface area contributed by atoms with Crippen LogP contribution in [0.5, 0.6) is 0 Å². The largest absolute Gasteiger partial charge is 0.444 e. The summed E-state index contributed by atoms with van der Waals surface area (Å²) >= 11 is 0. The number of nitrogens with one attached hydrogen (secondary N) is 1. The van der Waals surface area contributed by atoms with Gasteiger partial charge >= 0.3 is 6.09 Å². The number of anilines is 1. The van der Waals surface area contributed by atoms with Crippen LogP contribution < -0.4 is 5.32 Å². The third-order valence-corrected chi connectivity index (χ3v) is 3.38. The smallest absolute Gasteiger partial charge is 0.410 e. The van der Waals surface area contributed by atoms with E-state index in [0.717, 1.165) is 24.2 Å². The van der Waals surface area contributed by atoms with Crippen LogP contribution in [0.2, 0.25) is 0 Å². The van der Waals surface area contributed by atoms with E-state index in [1.807, 2.05) is 39.8 Å². The van der Waals surface area contributed by atoms with E-state index in [2.05, 4.69) is 31.3 Å².